The lowest BCUT2D eigenvalue weighted by molar-refractivity contribution is -0.126. The van der Waals surface area contributed by atoms with Crippen LogP contribution in [0.15, 0.2) is 30.4 Å². The smallest absolute Gasteiger partial charge is 0.298 e. The molecule has 2 fully saturated rings. The van der Waals surface area contributed by atoms with Gasteiger partial charge in [0.15, 0.2) is 0 Å². The fraction of sp³-hybridized carbons (Fsp3) is 0.550. The predicted molar refractivity (Wildman–Crippen MR) is 93.5 cm³/mol. The molecule has 2 spiro atoms. The van der Waals surface area contributed by atoms with Crippen LogP contribution in [0.5, 0.6) is 5.75 Å². The van der Waals surface area contributed by atoms with Gasteiger partial charge in [-0.05, 0) is 49.6 Å². The van der Waals surface area contributed by atoms with E-state index in [0.29, 0.717) is 18.3 Å². The number of ether oxygens (including phenoxy) is 2. The van der Waals surface area contributed by atoms with Crippen LogP contribution in [0.3, 0.4) is 0 Å². The van der Waals surface area contributed by atoms with Crippen LogP contribution in [0.25, 0.3) is 0 Å². The molecule has 25 heavy (non-hydrogen) atoms. The Labute approximate surface area is 147 Å². The van der Waals surface area contributed by atoms with E-state index >= 15 is 0 Å². The number of hydrogen-bond acceptors (Lipinski definition) is 5. The third kappa shape index (κ3) is 1.50. The minimum absolute atomic E-state index is 0.0128. The summed E-state index contributed by atoms with van der Waals surface area (Å²) in [6.07, 6.45) is 7.44. The second-order valence-corrected chi connectivity index (χ2v) is 8.20. The Balaban J connectivity index is 1.78. The summed E-state index contributed by atoms with van der Waals surface area (Å²) in [6.45, 7) is 1.48. The lowest BCUT2D eigenvalue weighted by Gasteiger charge is -2.70. The first-order chi connectivity index (χ1) is 12.0. The highest BCUT2D eigenvalue weighted by atomic mass is 16.5. The Kier molecular flexibility index (Phi) is 2.94. The van der Waals surface area contributed by atoms with E-state index in [1.54, 1.807) is 7.11 Å². The van der Waals surface area contributed by atoms with E-state index in [2.05, 4.69) is 30.2 Å². The average Bonchev–Trinajstić information content (AvgIpc) is 2.73. The van der Waals surface area contributed by atoms with Gasteiger partial charge in [0.25, 0.3) is 6.47 Å². The molecule has 2 N–H and O–H groups in total. The van der Waals surface area contributed by atoms with Gasteiger partial charge in [0.05, 0.1) is 11.6 Å². The van der Waals surface area contributed by atoms with Crippen LogP contribution in [0.2, 0.25) is 0 Å². The first-order valence-electron chi connectivity index (χ1n) is 8.96. The number of rotatable bonds is 3. The van der Waals surface area contributed by atoms with E-state index in [9.17, 15) is 4.79 Å². The van der Waals surface area contributed by atoms with Gasteiger partial charge in [0.2, 0.25) is 0 Å². The minimum Gasteiger partial charge on any atom is -0.429 e. The fourth-order valence-corrected chi connectivity index (χ4v) is 6.69. The highest BCUT2D eigenvalue weighted by Gasteiger charge is 2.81. The number of likely N-dealkylation sites (N-methyl/N-ethyl adjacent to an activating group) is 1. The van der Waals surface area contributed by atoms with E-state index in [0.717, 1.165) is 25.8 Å². The molecule has 1 aromatic rings. The second-order valence-electron chi connectivity index (χ2n) is 8.20. The van der Waals surface area contributed by atoms with Crippen LogP contribution in [0.1, 0.15) is 24.0 Å². The van der Waals surface area contributed by atoms with Crippen molar-refractivity contribution in [3.8, 4) is 5.75 Å². The molecule has 5 rings (SSSR count). The Bertz CT molecular complexity index is 793. The number of methoxy groups -OCH3 is 1. The van der Waals surface area contributed by atoms with E-state index in [1.165, 1.54) is 11.1 Å². The Morgan fingerprint density at radius 1 is 1.40 bits per heavy atom. The van der Waals surface area contributed by atoms with Crippen molar-refractivity contribution in [2.24, 2.45) is 11.1 Å². The molecular formula is C20H24N2O3. The zero-order valence-corrected chi connectivity index (χ0v) is 14.7. The molecule has 0 aromatic heterocycles. The van der Waals surface area contributed by atoms with Crippen molar-refractivity contribution >= 4 is 6.47 Å². The monoisotopic (exact) mass is 340 g/mol. The van der Waals surface area contributed by atoms with Gasteiger partial charge in [0, 0.05) is 30.5 Å². The lowest BCUT2D eigenvalue weighted by Crippen LogP contribution is -2.84. The summed E-state index contributed by atoms with van der Waals surface area (Å²) in [5, 5.41) is 0. The maximum atomic E-state index is 10.8. The summed E-state index contributed by atoms with van der Waals surface area (Å²) in [6, 6.07) is 6.30. The molecule has 0 radical (unpaired) electrons. The van der Waals surface area contributed by atoms with Crippen molar-refractivity contribution < 1.29 is 14.3 Å². The molecule has 1 saturated heterocycles. The van der Waals surface area contributed by atoms with Crippen molar-refractivity contribution in [2.45, 2.75) is 42.4 Å². The van der Waals surface area contributed by atoms with Gasteiger partial charge in [-0.1, -0.05) is 18.2 Å². The number of nitrogens with two attached hydrogens (primary N) is 1. The van der Waals surface area contributed by atoms with Crippen molar-refractivity contribution in [3.63, 3.8) is 0 Å². The summed E-state index contributed by atoms with van der Waals surface area (Å²) in [5.74, 6) is 0.584. The topological polar surface area (TPSA) is 64.8 Å². The van der Waals surface area contributed by atoms with Gasteiger partial charge in [0.1, 0.15) is 5.75 Å². The number of nitrogens with zero attached hydrogens (tertiary/aromatic N) is 1. The van der Waals surface area contributed by atoms with E-state index in [1.807, 2.05) is 12.1 Å². The lowest BCUT2D eigenvalue weighted by atomic mass is 9.35. The zero-order chi connectivity index (χ0) is 17.4. The molecule has 1 aliphatic heterocycles. The Morgan fingerprint density at radius 2 is 2.24 bits per heavy atom. The van der Waals surface area contributed by atoms with Crippen LogP contribution in [-0.4, -0.2) is 49.8 Å². The molecule has 5 atom stereocenters. The maximum Gasteiger partial charge on any atom is 0.298 e. The minimum atomic E-state index is -0.352. The van der Waals surface area contributed by atoms with Crippen molar-refractivity contribution in [1.29, 1.82) is 0 Å². The summed E-state index contributed by atoms with van der Waals surface area (Å²) in [4.78, 5) is 13.3. The van der Waals surface area contributed by atoms with E-state index in [-0.39, 0.29) is 22.5 Å². The summed E-state index contributed by atoms with van der Waals surface area (Å²) < 4.78 is 11.1. The van der Waals surface area contributed by atoms with Crippen LogP contribution >= 0.6 is 0 Å². The molecule has 132 valence electrons. The molecule has 1 saturated carbocycles. The van der Waals surface area contributed by atoms with Crippen molar-refractivity contribution in [3.05, 3.63) is 41.5 Å². The number of hydrogen-bond donors (Lipinski definition) is 1. The largest absolute Gasteiger partial charge is 0.429 e. The third-order valence-corrected chi connectivity index (χ3v) is 7.53. The number of carbonyl (C=O) groups excluding carboxylic acids is 1. The maximum absolute atomic E-state index is 10.8. The summed E-state index contributed by atoms with van der Waals surface area (Å²) >= 11 is 0. The highest BCUT2D eigenvalue weighted by molar-refractivity contribution is 5.59. The van der Waals surface area contributed by atoms with Gasteiger partial charge in [-0.15, -0.1) is 0 Å². The molecular weight excluding hydrogens is 316 g/mol. The standard InChI is InChI=1S/C20H24N2O3/c1-22-11-18-7-3-4-17(24-2)19(10-18)15-9-14(25-12-23)6-5-13(15)8-16(22)20(18,19)21/h3,5-7,9,12,16-17H,4,8,10-11,21H2,1-2H3/t16?,17-,18?,19?,20?/m0/s1. The number of benzene rings is 1. The van der Waals surface area contributed by atoms with Gasteiger partial charge < -0.3 is 20.1 Å². The molecule has 5 heteroatoms. The summed E-state index contributed by atoms with van der Waals surface area (Å²) in [7, 11) is 3.98. The van der Waals surface area contributed by atoms with E-state index < -0.39 is 0 Å². The number of likely N-dealkylation sites (tertiary alicyclic amines) is 1. The van der Waals surface area contributed by atoms with Crippen LogP contribution in [-0.2, 0) is 21.4 Å². The van der Waals surface area contributed by atoms with Crippen molar-refractivity contribution in [1.82, 2.24) is 4.90 Å². The average molecular weight is 340 g/mol. The number of carbonyl (C=O) groups is 1. The van der Waals surface area contributed by atoms with E-state index in [4.69, 9.17) is 15.2 Å². The Hall–Kier alpha value is -1.69. The van der Waals surface area contributed by atoms with Gasteiger partial charge in [-0.2, -0.15) is 0 Å². The van der Waals surface area contributed by atoms with Crippen molar-refractivity contribution in [2.75, 3.05) is 20.7 Å². The quantitative estimate of drug-likeness (QED) is 0.665. The normalized spacial score (nSPS) is 43.6. The molecule has 4 aliphatic rings. The van der Waals surface area contributed by atoms with Crippen LogP contribution in [0, 0.1) is 5.41 Å². The molecule has 1 aromatic carbocycles. The van der Waals surface area contributed by atoms with Crippen LogP contribution < -0.4 is 10.5 Å². The Morgan fingerprint density at radius 3 is 3.00 bits per heavy atom. The highest BCUT2D eigenvalue weighted by Crippen LogP contribution is 2.73. The van der Waals surface area contributed by atoms with Gasteiger partial charge >= 0.3 is 0 Å². The zero-order valence-electron chi connectivity index (χ0n) is 14.7. The molecule has 5 nitrogen and oxygen atoms in total. The first kappa shape index (κ1) is 15.6. The van der Waals surface area contributed by atoms with Crippen LogP contribution in [0.4, 0.5) is 0 Å². The van der Waals surface area contributed by atoms with Gasteiger partial charge in [-0.3, -0.25) is 4.79 Å². The molecule has 1 heterocycles. The fourth-order valence-electron chi connectivity index (χ4n) is 6.69. The molecule has 2 bridgehead atoms. The summed E-state index contributed by atoms with van der Waals surface area (Å²) in [5.41, 5.74) is 9.24. The number of fused-ring (bicyclic) bond motifs is 1. The molecule has 3 aliphatic carbocycles. The molecule has 0 amide bonds. The predicted octanol–water partition coefficient (Wildman–Crippen LogP) is 1.39. The van der Waals surface area contributed by atoms with Gasteiger partial charge in [-0.25, -0.2) is 0 Å². The molecule has 4 unspecified atom stereocenters. The second kappa shape index (κ2) is 4.72. The third-order valence-electron chi connectivity index (χ3n) is 7.53. The first-order valence-corrected chi connectivity index (χ1v) is 8.96. The SMILES string of the molecule is CO[C@H]1CC=CC23CN(C)C4Cc5ccc(OC=O)cc5C1(C2)C43N.